The SMILES string of the molecule is CCCCCCCCC(Br)c1ccc(OC(C)C)cc1. The van der Waals surface area contributed by atoms with Gasteiger partial charge in [-0.25, -0.2) is 0 Å². The zero-order chi connectivity index (χ0) is 14.8. The number of unbranched alkanes of at least 4 members (excludes halogenated alkanes) is 5. The minimum atomic E-state index is 0.240. The minimum absolute atomic E-state index is 0.240. The van der Waals surface area contributed by atoms with Crippen LogP contribution in [0.5, 0.6) is 5.75 Å². The van der Waals surface area contributed by atoms with Crippen LogP contribution in [0.15, 0.2) is 24.3 Å². The Morgan fingerprint density at radius 1 is 0.950 bits per heavy atom. The lowest BCUT2D eigenvalue weighted by Crippen LogP contribution is -2.05. The summed E-state index contributed by atoms with van der Waals surface area (Å²) in [6, 6.07) is 8.50. The first kappa shape index (κ1) is 17.6. The molecule has 1 aromatic rings. The lowest BCUT2D eigenvalue weighted by molar-refractivity contribution is 0.242. The molecule has 1 unspecified atom stereocenters. The van der Waals surface area contributed by atoms with Crippen LogP contribution in [0, 0.1) is 0 Å². The van der Waals surface area contributed by atoms with Crippen LogP contribution in [0.4, 0.5) is 0 Å². The van der Waals surface area contributed by atoms with Gasteiger partial charge in [-0.15, -0.1) is 0 Å². The van der Waals surface area contributed by atoms with Crippen molar-refractivity contribution in [2.24, 2.45) is 0 Å². The average Bonchev–Trinajstić information content (AvgIpc) is 2.42. The largest absolute Gasteiger partial charge is 0.491 e. The van der Waals surface area contributed by atoms with Crippen LogP contribution < -0.4 is 4.74 Å². The van der Waals surface area contributed by atoms with E-state index in [0.717, 1.165) is 5.75 Å². The van der Waals surface area contributed by atoms with Crippen LogP contribution in [0.2, 0.25) is 0 Å². The molecule has 0 fully saturated rings. The van der Waals surface area contributed by atoms with Crippen LogP contribution in [-0.2, 0) is 0 Å². The van der Waals surface area contributed by atoms with Crippen molar-refractivity contribution in [3.05, 3.63) is 29.8 Å². The van der Waals surface area contributed by atoms with Crippen LogP contribution in [0.1, 0.15) is 76.1 Å². The molecule has 0 aromatic heterocycles. The number of hydrogen-bond acceptors (Lipinski definition) is 1. The molecule has 0 spiro atoms. The predicted octanol–water partition coefficient (Wildman–Crippen LogP) is 6.66. The van der Waals surface area contributed by atoms with Gasteiger partial charge in [0.1, 0.15) is 5.75 Å². The van der Waals surface area contributed by atoms with Gasteiger partial charge in [0, 0.05) is 4.83 Å². The summed E-state index contributed by atoms with van der Waals surface area (Å²) in [6.07, 6.45) is 9.61. The van der Waals surface area contributed by atoms with Gasteiger partial charge in [-0.05, 0) is 38.0 Å². The van der Waals surface area contributed by atoms with E-state index in [2.05, 4.69) is 61.0 Å². The molecule has 1 nitrogen and oxygen atoms in total. The molecular formula is C18H29BrO. The fourth-order valence-corrected chi connectivity index (χ4v) is 2.93. The van der Waals surface area contributed by atoms with Gasteiger partial charge in [-0.2, -0.15) is 0 Å². The van der Waals surface area contributed by atoms with Crippen molar-refractivity contribution < 1.29 is 4.74 Å². The maximum Gasteiger partial charge on any atom is 0.119 e. The Hall–Kier alpha value is -0.500. The molecule has 0 N–H and O–H groups in total. The molecule has 1 atom stereocenters. The van der Waals surface area contributed by atoms with Gasteiger partial charge in [0.25, 0.3) is 0 Å². The second kappa shape index (κ2) is 10.3. The monoisotopic (exact) mass is 340 g/mol. The Morgan fingerprint density at radius 3 is 2.15 bits per heavy atom. The van der Waals surface area contributed by atoms with Crippen molar-refractivity contribution in [2.75, 3.05) is 0 Å². The molecule has 2 heteroatoms. The highest BCUT2D eigenvalue weighted by molar-refractivity contribution is 9.09. The van der Waals surface area contributed by atoms with Crippen molar-refractivity contribution >= 4 is 15.9 Å². The van der Waals surface area contributed by atoms with Gasteiger partial charge in [-0.3, -0.25) is 0 Å². The Balaban J connectivity index is 2.27. The van der Waals surface area contributed by atoms with Gasteiger partial charge in [0.05, 0.1) is 6.10 Å². The van der Waals surface area contributed by atoms with E-state index in [4.69, 9.17) is 4.74 Å². The summed E-state index contributed by atoms with van der Waals surface area (Å²) in [5, 5.41) is 0. The molecule has 1 aromatic carbocycles. The second-order valence-corrected chi connectivity index (χ2v) is 6.86. The average molecular weight is 341 g/mol. The highest BCUT2D eigenvalue weighted by atomic mass is 79.9. The Morgan fingerprint density at radius 2 is 1.55 bits per heavy atom. The summed E-state index contributed by atoms with van der Waals surface area (Å²) < 4.78 is 5.67. The zero-order valence-corrected chi connectivity index (χ0v) is 14.8. The van der Waals surface area contributed by atoms with Crippen molar-refractivity contribution in [1.29, 1.82) is 0 Å². The summed E-state index contributed by atoms with van der Waals surface area (Å²) in [5.74, 6) is 0.961. The topological polar surface area (TPSA) is 9.23 Å². The molecular weight excluding hydrogens is 312 g/mol. The van der Waals surface area contributed by atoms with E-state index in [-0.39, 0.29) is 6.10 Å². The zero-order valence-electron chi connectivity index (χ0n) is 13.2. The molecule has 0 heterocycles. The molecule has 0 aliphatic carbocycles. The number of alkyl halides is 1. The molecule has 114 valence electrons. The summed E-state index contributed by atoms with van der Waals surface area (Å²) >= 11 is 3.80. The van der Waals surface area contributed by atoms with Crippen LogP contribution in [0.3, 0.4) is 0 Å². The highest BCUT2D eigenvalue weighted by Gasteiger charge is 2.07. The fourth-order valence-electron chi connectivity index (χ4n) is 2.30. The number of rotatable bonds is 10. The molecule has 0 bridgehead atoms. The maximum absolute atomic E-state index is 5.67. The molecule has 0 saturated carbocycles. The summed E-state index contributed by atoms with van der Waals surface area (Å²) in [6.45, 7) is 6.38. The summed E-state index contributed by atoms with van der Waals surface area (Å²) in [7, 11) is 0. The maximum atomic E-state index is 5.67. The third-order valence-electron chi connectivity index (χ3n) is 3.42. The van der Waals surface area contributed by atoms with Gasteiger partial charge < -0.3 is 4.74 Å². The van der Waals surface area contributed by atoms with Crippen LogP contribution >= 0.6 is 15.9 Å². The van der Waals surface area contributed by atoms with Crippen molar-refractivity contribution in [2.45, 2.75) is 76.6 Å². The van der Waals surface area contributed by atoms with Gasteiger partial charge in [-0.1, -0.05) is 73.5 Å². The normalized spacial score (nSPS) is 12.7. The number of benzene rings is 1. The number of hydrogen-bond donors (Lipinski definition) is 0. The second-order valence-electron chi connectivity index (χ2n) is 5.76. The van der Waals surface area contributed by atoms with Crippen LogP contribution in [0.25, 0.3) is 0 Å². The van der Waals surface area contributed by atoms with Crippen LogP contribution in [-0.4, -0.2) is 6.10 Å². The Kier molecular flexibility index (Phi) is 9.00. The number of ether oxygens (including phenoxy) is 1. The Bertz CT molecular complexity index is 345. The third kappa shape index (κ3) is 7.33. The van der Waals surface area contributed by atoms with Gasteiger partial charge in [0.2, 0.25) is 0 Å². The molecule has 1 rings (SSSR count). The highest BCUT2D eigenvalue weighted by Crippen LogP contribution is 2.30. The number of halogens is 1. The van der Waals surface area contributed by atoms with Gasteiger partial charge >= 0.3 is 0 Å². The van der Waals surface area contributed by atoms with E-state index in [1.807, 2.05) is 0 Å². The van der Waals surface area contributed by atoms with E-state index >= 15 is 0 Å². The third-order valence-corrected chi connectivity index (χ3v) is 4.41. The first-order valence-corrected chi connectivity index (χ1v) is 8.95. The molecule has 0 radical (unpaired) electrons. The molecule has 0 saturated heterocycles. The molecule has 20 heavy (non-hydrogen) atoms. The van der Waals surface area contributed by atoms with E-state index in [1.54, 1.807) is 0 Å². The van der Waals surface area contributed by atoms with Crippen molar-refractivity contribution in [3.8, 4) is 5.75 Å². The fraction of sp³-hybridized carbons (Fsp3) is 0.667. The Labute approximate surface area is 133 Å². The first-order chi connectivity index (χ1) is 9.63. The molecule has 0 aliphatic heterocycles. The first-order valence-electron chi connectivity index (χ1n) is 8.04. The summed E-state index contributed by atoms with van der Waals surface area (Å²) in [5.41, 5.74) is 1.36. The van der Waals surface area contributed by atoms with E-state index in [1.165, 1.54) is 50.5 Å². The lowest BCUT2D eigenvalue weighted by Gasteiger charge is -2.13. The van der Waals surface area contributed by atoms with Gasteiger partial charge in [0.15, 0.2) is 0 Å². The minimum Gasteiger partial charge on any atom is -0.491 e. The van der Waals surface area contributed by atoms with Crippen molar-refractivity contribution in [3.63, 3.8) is 0 Å². The van der Waals surface area contributed by atoms with E-state index in [0.29, 0.717) is 4.83 Å². The lowest BCUT2D eigenvalue weighted by atomic mass is 10.0. The van der Waals surface area contributed by atoms with E-state index in [9.17, 15) is 0 Å². The molecule has 0 amide bonds. The summed E-state index contributed by atoms with van der Waals surface area (Å²) in [4.78, 5) is 0.474. The quantitative estimate of drug-likeness (QED) is 0.341. The smallest absolute Gasteiger partial charge is 0.119 e. The van der Waals surface area contributed by atoms with E-state index < -0.39 is 0 Å². The predicted molar refractivity (Wildman–Crippen MR) is 91.9 cm³/mol. The molecule has 0 aliphatic rings. The standard InChI is InChI=1S/C18H29BrO/c1-4-5-6-7-8-9-10-18(19)16-11-13-17(14-12-16)20-15(2)3/h11-15,18H,4-10H2,1-3H3. The van der Waals surface area contributed by atoms with Crippen molar-refractivity contribution in [1.82, 2.24) is 0 Å².